The maximum atomic E-state index is 12.8. The fraction of sp³-hybridized carbons (Fsp3) is 0.650. The molecule has 2 aliphatic rings. The average molecular weight is 362 g/mol. The molecule has 26 heavy (non-hydrogen) atoms. The minimum absolute atomic E-state index is 0.110. The maximum absolute atomic E-state index is 12.8. The van der Waals surface area contributed by atoms with Crippen molar-refractivity contribution in [1.82, 2.24) is 9.80 Å². The number of likely N-dealkylation sites (tertiary alicyclic amines) is 2. The van der Waals surface area contributed by atoms with Crippen LogP contribution in [0.25, 0.3) is 0 Å². The maximum Gasteiger partial charge on any atom is 0.229 e. The molecule has 2 fully saturated rings. The molecule has 0 spiro atoms. The Kier molecular flexibility index (Phi) is 6.38. The highest BCUT2D eigenvalue weighted by molar-refractivity contribution is 5.80. The summed E-state index contributed by atoms with van der Waals surface area (Å²) >= 11 is 0. The van der Waals surface area contributed by atoms with Crippen LogP contribution in [0.15, 0.2) is 24.3 Å². The van der Waals surface area contributed by atoms with Gasteiger partial charge in [0.2, 0.25) is 5.91 Å². The molecule has 2 saturated heterocycles. The summed E-state index contributed by atoms with van der Waals surface area (Å²) in [5.74, 6) is 1.96. The van der Waals surface area contributed by atoms with Crippen LogP contribution in [-0.2, 0) is 4.79 Å². The summed E-state index contributed by atoms with van der Waals surface area (Å²) in [5.41, 5.74) is 0. The third-order valence-corrected chi connectivity index (χ3v) is 5.57. The van der Waals surface area contributed by atoms with E-state index in [-0.39, 0.29) is 11.8 Å². The largest absolute Gasteiger partial charge is 0.497 e. The van der Waals surface area contributed by atoms with Crippen molar-refractivity contribution in [2.45, 2.75) is 25.4 Å². The van der Waals surface area contributed by atoms with Crippen LogP contribution >= 0.6 is 0 Å². The first-order valence-electron chi connectivity index (χ1n) is 9.49. The van der Waals surface area contributed by atoms with Crippen molar-refractivity contribution in [1.29, 1.82) is 0 Å². The van der Waals surface area contributed by atoms with Crippen LogP contribution in [-0.4, -0.2) is 73.9 Å². The molecule has 0 bridgehead atoms. The number of aliphatic hydroxyl groups excluding tert-OH is 1. The van der Waals surface area contributed by atoms with Crippen LogP contribution in [0.3, 0.4) is 0 Å². The predicted molar refractivity (Wildman–Crippen MR) is 99.4 cm³/mol. The van der Waals surface area contributed by atoms with Crippen molar-refractivity contribution < 1.29 is 19.4 Å². The summed E-state index contributed by atoms with van der Waals surface area (Å²) in [7, 11) is 3.66. The van der Waals surface area contributed by atoms with Gasteiger partial charge in [0.15, 0.2) is 0 Å². The summed E-state index contributed by atoms with van der Waals surface area (Å²) < 4.78 is 11.0. The Morgan fingerprint density at radius 1 is 1.12 bits per heavy atom. The molecule has 0 aromatic heterocycles. The van der Waals surface area contributed by atoms with E-state index in [1.807, 2.05) is 36.2 Å². The van der Waals surface area contributed by atoms with Crippen molar-refractivity contribution in [2.24, 2.45) is 11.8 Å². The Labute approximate surface area is 155 Å². The number of benzene rings is 1. The number of hydrogen-bond acceptors (Lipinski definition) is 5. The number of aliphatic hydroxyl groups is 1. The van der Waals surface area contributed by atoms with E-state index in [0.717, 1.165) is 44.0 Å². The molecule has 0 aliphatic carbocycles. The van der Waals surface area contributed by atoms with Gasteiger partial charge in [-0.15, -0.1) is 0 Å². The third-order valence-electron chi connectivity index (χ3n) is 5.57. The standard InChI is InChI=1S/C20H30N2O4/c1-21-10-9-19(23)18(13-21)20(24)22-11-7-15(8-12-22)14-26-17-5-3-16(25-2)4-6-17/h3-6,15,18-19,23H,7-14H2,1-2H3/t18-,19+/m1/s1. The number of hydrogen-bond donors (Lipinski definition) is 1. The monoisotopic (exact) mass is 362 g/mol. The summed E-state index contributed by atoms with van der Waals surface area (Å²) in [6.07, 6.45) is 2.06. The molecule has 0 unspecified atom stereocenters. The Morgan fingerprint density at radius 2 is 1.77 bits per heavy atom. The second-order valence-corrected chi connectivity index (χ2v) is 7.48. The number of rotatable bonds is 5. The fourth-order valence-corrected chi connectivity index (χ4v) is 3.79. The highest BCUT2D eigenvalue weighted by Gasteiger charge is 2.35. The fourth-order valence-electron chi connectivity index (χ4n) is 3.79. The molecule has 2 heterocycles. The van der Waals surface area contributed by atoms with E-state index in [0.29, 0.717) is 25.5 Å². The average Bonchev–Trinajstić information content (AvgIpc) is 2.68. The summed E-state index contributed by atoms with van der Waals surface area (Å²) in [6, 6.07) is 7.61. The Balaban J connectivity index is 1.44. The zero-order chi connectivity index (χ0) is 18.5. The van der Waals surface area contributed by atoms with E-state index < -0.39 is 6.10 Å². The van der Waals surface area contributed by atoms with Gasteiger partial charge in [-0.25, -0.2) is 0 Å². The highest BCUT2D eigenvalue weighted by Crippen LogP contribution is 2.24. The zero-order valence-electron chi connectivity index (χ0n) is 15.8. The van der Waals surface area contributed by atoms with Gasteiger partial charge in [0.05, 0.1) is 25.7 Å². The summed E-state index contributed by atoms with van der Waals surface area (Å²) in [4.78, 5) is 16.8. The van der Waals surface area contributed by atoms with Crippen molar-refractivity contribution in [3.05, 3.63) is 24.3 Å². The lowest BCUT2D eigenvalue weighted by Gasteiger charge is -2.38. The molecule has 1 aromatic carbocycles. The molecule has 2 atom stereocenters. The molecular weight excluding hydrogens is 332 g/mol. The Hall–Kier alpha value is -1.79. The van der Waals surface area contributed by atoms with E-state index in [1.165, 1.54) is 0 Å². The molecule has 1 aromatic rings. The second kappa shape index (κ2) is 8.73. The SMILES string of the molecule is COc1ccc(OCC2CCN(C(=O)[C@@H]3CN(C)CC[C@@H]3O)CC2)cc1. The molecular formula is C20H30N2O4. The first-order valence-corrected chi connectivity index (χ1v) is 9.49. The molecule has 1 N–H and O–H groups in total. The molecule has 0 radical (unpaired) electrons. The van der Waals surface area contributed by atoms with Crippen LogP contribution in [0.2, 0.25) is 0 Å². The van der Waals surface area contributed by atoms with Gasteiger partial charge >= 0.3 is 0 Å². The van der Waals surface area contributed by atoms with Gasteiger partial charge in [-0.2, -0.15) is 0 Å². The zero-order valence-corrected chi connectivity index (χ0v) is 15.8. The summed E-state index contributed by atoms with van der Waals surface area (Å²) in [6.45, 7) is 3.68. The minimum atomic E-state index is -0.505. The number of amides is 1. The number of carbonyl (C=O) groups excluding carboxylic acids is 1. The van der Waals surface area contributed by atoms with Crippen LogP contribution in [0, 0.1) is 11.8 Å². The number of carbonyl (C=O) groups is 1. The number of nitrogens with zero attached hydrogens (tertiary/aromatic N) is 2. The van der Waals surface area contributed by atoms with E-state index in [1.54, 1.807) is 7.11 Å². The number of methoxy groups -OCH3 is 1. The van der Waals surface area contributed by atoms with Crippen molar-refractivity contribution in [3.63, 3.8) is 0 Å². The molecule has 0 saturated carbocycles. The molecule has 6 heteroatoms. The first-order chi connectivity index (χ1) is 12.6. The smallest absolute Gasteiger partial charge is 0.229 e. The third kappa shape index (κ3) is 4.68. The van der Waals surface area contributed by atoms with Gasteiger partial charge in [0, 0.05) is 26.2 Å². The van der Waals surface area contributed by atoms with E-state index in [9.17, 15) is 9.90 Å². The quantitative estimate of drug-likeness (QED) is 0.863. The van der Waals surface area contributed by atoms with Crippen molar-refractivity contribution in [2.75, 3.05) is 46.9 Å². The molecule has 6 nitrogen and oxygen atoms in total. The van der Waals surface area contributed by atoms with Crippen molar-refractivity contribution >= 4 is 5.91 Å². The van der Waals surface area contributed by atoms with Gasteiger partial charge < -0.3 is 24.4 Å². The molecule has 2 aliphatic heterocycles. The van der Waals surface area contributed by atoms with Gasteiger partial charge in [-0.3, -0.25) is 4.79 Å². The Bertz CT molecular complexity index is 584. The first kappa shape index (κ1) is 19.0. The Morgan fingerprint density at radius 3 is 2.42 bits per heavy atom. The van der Waals surface area contributed by atoms with Crippen LogP contribution in [0.5, 0.6) is 11.5 Å². The lowest BCUT2D eigenvalue weighted by molar-refractivity contribution is -0.143. The molecule has 144 valence electrons. The van der Waals surface area contributed by atoms with Gasteiger partial charge in [-0.1, -0.05) is 0 Å². The number of piperidine rings is 2. The topological polar surface area (TPSA) is 62.2 Å². The van der Waals surface area contributed by atoms with Crippen LogP contribution in [0.1, 0.15) is 19.3 Å². The molecule has 3 rings (SSSR count). The minimum Gasteiger partial charge on any atom is -0.497 e. The van der Waals surface area contributed by atoms with Gasteiger partial charge in [0.25, 0.3) is 0 Å². The normalized spacial score (nSPS) is 25.1. The lowest BCUT2D eigenvalue weighted by atomic mass is 9.91. The molecule has 1 amide bonds. The van der Waals surface area contributed by atoms with Crippen LogP contribution < -0.4 is 9.47 Å². The van der Waals surface area contributed by atoms with E-state index in [2.05, 4.69) is 4.90 Å². The van der Waals surface area contributed by atoms with Gasteiger partial charge in [-0.05, 0) is 56.5 Å². The van der Waals surface area contributed by atoms with Gasteiger partial charge in [0.1, 0.15) is 11.5 Å². The van der Waals surface area contributed by atoms with Crippen molar-refractivity contribution in [3.8, 4) is 11.5 Å². The van der Waals surface area contributed by atoms with Crippen LogP contribution in [0.4, 0.5) is 0 Å². The number of ether oxygens (including phenoxy) is 2. The van der Waals surface area contributed by atoms with E-state index in [4.69, 9.17) is 9.47 Å². The highest BCUT2D eigenvalue weighted by atomic mass is 16.5. The second-order valence-electron chi connectivity index (χ2n) is 7.48. The van der Waals surface area contributed by atoms with E-state index >= 15 is 0 Å². The summed E-state index contributed by atoms with van der Waals surface area (Å²) in [5, 5.41) is 10.2. The predicted octanol–water partition coefficient (Wildman–Crippen LogP) is 1.63. The lowest BCUT2D eigenvalue weighted by Crippen LogP contribution is -2.51.